The number of amides is 1. The summed E-state index contributed by atoms with van der Waals surface area (Å²) in [5.41, 5.74) is 0.592. The first-order chi connectivity index (χ1) is 11.5. The van der Waals surface area contributed by atoms with Crippen molar-refractivity contribution in [3.8, 4) is 0 Å². The van der Waals surface area contributed by atoms with E-state index >= 15 is 0 Å². The molecule has 1 fully saturated rings. The van der Waals surface area contributed by atoms with E-state index in [1.54, 1.807) is 27.3 Å². The first-order valence-electron chi connectivity index (χ1n) is 8.64. The number of aryl methyl sites for hydroxylation is 2. The van der Waals surface area contributed by atoms with Crippen molar-refractivity contribution in [2.75, 3.05) is 14.1 Å². The van der Waals surface area contributed by atoms with Crippen molar-refractivity contribution in [2.45, 2.75) is 44.9 Å². The van der Waals surface area contributed by atoms with Gasteiger partial charge in [0, 0.05) is 27.6 Å². The summed E-state index contributed by atoms with van der Waals surface area (Å²) in [4.78, 5) is 35.0. The number of carbonyl (C=O) groups is 1. The Morgan fingerprint density at radius 2 is 2.00 bits per heavy atom. The lowest BCUT2D eigenvalue weighted by molar-refractivity contribution is 0.219. The molecule has 2 heterocycles. The lowest BCUT2D eigenvalue weighted by Crippen LogP contribution is -2.35. The average molecular weight is 331 g/mol. The second-order valence-electron chi connectivity index (χ2n) is 6.89. The van der Waals surface area contributed by atoms with Crippen LogP contribution in [0, 0.1) is 5.92 Å². The zero-order valence-corrected chi connectivity index (χ0v) is 14.7. The molecule has 0 unspecified atom stereocenters. The zero-order valence-electron chi connectivity index (χ0n) is 14.7. The molecule has 2 aromatic rings. The van der Waals surface area contributed by atoms with Gasteiger partial charge in [0.15, 0.2) is 5.65 Å². The zero-order chi connectivity index (χ0) is 17.3. The number of fused-ring (bicyclic) bond motifs is 1. The molecule has 0 aliphatic heterocycles. The van der Waals surface area contributed by atoms with E-state index in [9.17, 15) is 9.59 Å². The van der Waals surface area contributed by atoms with Crippen LogP contribution in [0.25, 0.3) is 11.2 Å². The van der Waals surface area contributed by atoms with Gasteiger partial charge in [0.25, 0.3) is 0 Å². The van der Waals surface area contributed by atoms with Gasteiger partial charge in [0.05, 0.1) is 6.20 Å². The third-order valence-corrected chi connectivity index (χ3v) is 4.93. The molecule has 3 rings (SSSR count). The largest absolute Gasteiger partial charge is 0.338 e. The van der Waals surface area contributed by atoms with Crippen LogP contribution in [0.3, 0.4) is 0 Å². The Morgan fingerprint density at radius 3 is 2.67 bits per heavy atom. The van der Waals surface area contributed by atoms with Gasteiger partial charge in [-0.1, -0.05) is 32.1 Å². The molecule has 0 bridgehead atoms. The van der Waals surface area contributed by atoms with Crippen LogP contribution < -0.4 is 5.69 Å². The summed E-state index contributed by atoms with van der Waals surface area (Å²) in [6.45, 7) is 0. The van der Waals surface area contributed by atoms with Gasteiger partial charge >= 0.3 is 11.7 Å². The molecule has 7 heteroatoms. The van der Waals surface area contributed by atoms with Crippen molar-refractivity contribution in [2.24, 2.45) is 13.0 Å². The standard InChI is InChI=1S/C17H25N5O2/c1-20(2)16(23)22-15-13(21(3)17(22)24)11-18-14(19-15)10-9-12-7-5-4-6-8-12/h11-12H,4-10H2,1-3H3. The van der Waals surface area contributed by atoms with E-state index in [0.717, 1.165) is 23.3 Å². The van der Waals surface area contributed by atoms with Gasteiger partial charge in [-0.15, -0.1) is 0 Å². The minimum absolute atomic E-state index is 0.387. The van der Waals surface area contributed by atoms with E-state index in [4.69, 9.17) is 0 Å². The fourth-order valence-corrected chi connectivity index (χ4v) is 3.45. The SMILES string of the molecule is CN(C)C(=O)n1c(=O)n(C)c2cnc(CCC3CCCCC3)nc21. The second-order valence-corrected chi connectivity index (χ2v) is 6.89. The molecule has 1 aliphatic rings. The number of aromatic nitrogens is 4. The minimum Gasteiger partial charge on any atom is -0.330 e. The van der Waals surface area contributed by atoms with Gasteiger partial charge in [-0.2, -0.15) is 4.57 Å². The Kier molecular flexibility index (Phi) is 4.69. The Balaban J connectivity index is 1.90. The van der Waals surface area contributed by atoms with E-state index in [1.807, 2.05) is 0 Å². The highest BCUT2D eigenvalue weighted by atomic mass is 16.2. The topological polar surface area (TPSA) is 73.0 Å². The molecule has 0 atom stereocenters. The van der Waals surface area contributed by atoms with Crippen LogP contribution >= 0.6 is 0 Å². The van der Waals surface area contributed by atoms with Crippen LogP contribution in [0.15, 0.2) is 11.0 Å². The summed E-state index contributed by atoms with van der Waals surface area (Å²) in [7, 11) is 4.88. The molecule has 0 radical (unpaired) electrons. The maximum Gasteiger partial charge on any atom is 0.338 e. The van der Waals surface area contributed by atoms with Crippen molar-refractivity contribution in [3.63, 3.8) is 0 Å². The Hall–Kier alpha value is -2.18. The number of hydrogen-bond acceptors (Lipinski definition) is 4. The maximum atomic E-state index is 12.4. The van der Waals surface area contributed by atoms with E-state index in [2.05, 4.69) is 9.97 Å². The van der Waals surface area contributed by atoms with Gasteiger partial charge in [-0.3, -0.25) is 4.57 Å². The molecule has 1 amide bonds. The smallest absolute Gasteiger partial charge is 0.330 e. The molecule has 24 heavy (non-hydrogen) atoms. The van der Waals surface area contributed by atoms with Crippen molar-refractivity contribution >= 4 is 17.2 Å². The lowest BCUT2D eigenvalue weighted by atomic mass is 9.86. The highest BCUT2D eigenvalue weighted by Crippen LogP contribution is 2.27. The molecule has 7 nitrogen and oxygen atoms in total. The molecular weight excluding hydrogens is 306 g/mol. The summed E-state index contributed by atoms with van der Waals surface area (Å²) >= 11 is 0. The molecule has 0 aromatic carbocycles. The highest BCUT2D eigenvalue weighted by molar-refractivity contribution is 5.86. The summed E-state index contributed by atoms with van der Waals surface area (Å²) in [6.07, 6.45) is 10.1. The first-order valence-corrected chi connectivity index (χ1v) is 8.64. The summed E-state index contributed by atoms with van der Waals surface area (Å²) in [5, 5.41) is 0. The van der Waals surface area contributed by atoms with E-state index in [-0.39, 0.29) is 11.7 Å². The van der Waals surface area contributed by atoms with Crippen LogP contribution in [0.5, 0.6) is 0 Å². The van der Waals surface area contributed by atoms with Crippen LogP contribution in [-0.2, 0) is 13.5 Å². The van der Waals surface area contributed by atoms with Crippen molar-refractivity contribution in [1.29, 1.82) is 0 Å². The molecule has 0 spiro atoms. The van der Waals surface area contributed by atoms with Gasteiger partial charge in [-0.25, -0.2) is 19.6 Å². The number of nitrogens with zero attached hydrogens (tertiary/aromatic N) is 5. The fourth-order valence-electron chi connectivity index (χ4n) is 3.45. The van der Waals surface area contributed by atoms with Crippen LogP contribution in [-0.4, -0.2) is 44.1 Å². The summed E-state index contributed by atoms with van der Waals surface area (Å²) in [5.74, 6) is 1.46. The third-order valence-electron chi connectivity index (χ3n) is 4.93. The maximum absolute atomic E-state index is 12.4. The minimum atomic E-state index is -0.387. The summed E-state index contributed by atoms with van der Waals surface area (Å²) in [6, 6.07) is -0.387. The van der Waals surface area contributed by atoms with Gasteiger partial charge in [-0.05, 0) is 12.3 Å². The molecular formula is C17H25N5O2. The molecule has 0 saturated heterocycles. The number of rotatable bonds is 3. The predicted octanol–water partition coefficient (Wildman–Crippen LogP) is 2.17. The second kappa shape index (κ2) is 6.75. The molecule has 0 N–H and O–H groups in total. The Labute approximate surface area is 141 Å². The quantitative estimate of drug-likeness (QED) is 0.864. The van der Waals surface area contributed by atoms with Crippen LogP contribution in [0.1, 0.15) is 44.3 Å². The molecule has 1 saturated carbocycles. The van der Waals surface area contributed by atoms with Crippen molar-refractivity contribution in [3.05, 3.63) is 22.5 Å². The average Bonchev–Trinajstić information content (AvgIpc) is 2.84. The van der Waals surface area contributed by atoms with Crippen LogP contribution in [0.2, 0.25) is 0 Å². The predicted molar refractivity (Wildman–Crippen MR) is 92.1 cm³/mol. The van der Waals surface area contributed by atoms with E-state index in [1.165, 1.54) is 41.6 Å². The van der Waals surface area contributed by atoms with Gasteiger partial charge in [0.1, 0.15) is 11.3 Å². The van der Waals surface area contributed by atoms with Gasteiger partial charge < -0.3 is 4.90 Å². The normalized spacial score (nSPS) is 15.8. The lowest BCUT2D eigenvalue weighted by Gasteiger charge is -2.20. The number of carbonyl (C=O) groups excluding carboxylic acids is 1. The van der Waals surface area contributed by atoms with Crippen LogP contribution in [0.4, 0.5) is 4.79 Å². The fraction of sp³-hybridized carbons (Fsp3) is 0.647. The first kappa shape index (κ1) is 16.7. The van der Waals surface area contributed by atoms with E-state index < -0.39 is 0 Å². The van der Waals surface area contributed by atoms with Gasteiger partial charge in [0.2, 0.25) is 0 Å². The Morgan fingerprint density at radius 1 is 1.29 bits per heavy atom. The summed E-state index contributed by atoms with van der Waals surface area (Å²) < 4.78 is 2.54. The molecule has 2 aromatic heterocycles. The number of hydrogen-bond donors (Lipinski definition) is 0. The molecule has 130 valence electrons. The van der Waals surface area contributed by atoms with E-state index in [0.29, 0.717) is 17.0 Å². The number of imidazole rings is 1. The van der Waals surface area contributed by atoms with Crippen molar-refractivity contribution in [1.82, 2.24) is 24.0 Å². The third kappa shape index (κ3) is 3.07. The van der Waals surface area contributed by atoms with Crippen molar-refractivity contribution < 1.29 is 4.79 Å². The molecule has 1 aliphatic carbocycles. The highest BCUT2D eigenvalue weighted by Gasteiger charge is 2.20. The monoisotopic (exact) mass is 331 g/mol. The Bertz CT molecular complexity index is 799.